The van der Waals surface area contributed by atoms with Crippen LogP contribution in [0, 0.1) is 20.8 Å². The number of carboxylic acids is 1. The molecule has 1 N–H and O–H groups in total. The second kappa shape index (κ2) is 13.6. The normalized spacial score (nSPS) is 11.7. The average molecular weight is 598 g/mol. The highest BCUT2D eigenvalue weighted by molar-refractivity contribution is 8.00. The van der Waals surface area contributed by atoms with Crippen LogP contribution in [0.1, 0.15) is 33.4 Å². The first-order valence-electron chi connectivity index (χ1n) is 12.9. The first-order valence-corrected chi connectivity index (χ1v) is 14.6. The standard InChI is InChI=1S/C32H30F3NO3S2/c1-21-14-22(2)31(23(3)15-21)41-39-36(19-25-6-4-8-28(16-25)32(33,34)35)18-24-10-12-26(13-11-24)27-7-5-9-29(17-27)40-20-30(37)38/h4-17H,18-20H2,1-3H3,(H,37,38). The molecule has 0 atom stereocenters. The Kier molecular flexibility index (Phi) is 10.2. The van der Waals surface area contributed by atoms with Crippen molar-refractivity contribution in [1.29, 1.82) is 0 Å². The van der Waals surface area contributed by atoms with Gasteiger partial charge in [0.15, 0.2) is 0 Å². The van der Waals surface area contributed by atoms with Crippen molar-refractivity contribution in [3.8, 4) is 11.1 Å². The van der Waals surface area contributed by atoms with Crippen LogP contribution in [-0.2, 0) is 28.3 Å². The van der Waals surface area contributed by atoms with Gasteiger partial charge in [0.1, 0.15) is 0 Å². The van der Waals surface area contributed by atoms with Crippen molar-refractivity contribution in [3.63, 3.8) is 0 Å². The van der Waals surface area contributed by atoms with Crippen LogP contribution in [0.25, 0.3) is 11.1 Å². The zero-order chi connectivity index (χ0) is 29.6. The third-order valence-electron chi connectivity index (χ3n) is 6.29. The molecule has 214 valence electrons. The van der Waals surface area contributed by atoms with Gasteiger partial charge in [-0.2, -0.15) is 18.2 Å². The van der Waals surface area contributed by atoms with Gasteiger partial charge in [0.25, 0.3) is 0 Å². The molecule has 4 nitrogen and oxygen atoms in total. The molecule has 0 fully saturated rings. The van der Waals surface area contributed by atoms with E-state index in [0.717, 1.165) is 55.3 Å². The minimum absolute atomic E-state index is 0.0102. The van der Waals surface area contributed by atoms with Crippen LogP contribution >= 0.6 is 23.8 Å². The predicted molar refractivity (Wildman–Crippen MR) is 159 cm³/mol. The summed E-state index contributed by atoms with van der Waals surface area (Å²) in [7, 11) is 0. The lowest BCUT2D eigenvalue weighted by Gasteiger charge is -2.22. The van der Waals surface area contributed by atoms with E-state index in [1.54, 1.807) is 11.1 Å². The number of hydroxylamine groups is 2. The van der Waals surface area contributed by atoms with Gasteiger partial charge in [0.05, 0.1) is 36.4 Å². The van der Waals surface area contributed by atoms with Crippen molar-refractivity contribution >= 4 is 29.8 Å². The summed E-state index contributed by atoms with van der Waals surface area (Å²) in [5, 5.41) is 10.6. The number of aryl methyl sites for hydroxylation is 3. The Bertz CT molecular complexity index is 1480. The minimum Gasteiger partial charge on any atom is -0.481 e. The van der Waals surface area contributed by atoms with Gasteiger partial charge in [-0.3, -0.25) is 4.79 Å². The predicted octanol–water partition coefficient (Wildman–Crippen LogP) is 9.12. The molecule has 0 aliphatic heterocycles. The van der Waals surface area contributed by atoms with Gasteiger partial charge >= 0.3 is 12.1 Å². The number of benzene rings is 4. The van der Waals surface area contributed by atoms with Crippen molar-refractivity contribution in [2.24, 2.45) is 0 Å². The van der Waals surface area contributed by atoms with E-state index in [2.05, 4.69) is 12.1 Å². The van der Waals surface area contributed by atoms with Crippen molar-refractivity contribution in [1.82, 2.24) is 5.06 Å². The number of aliphatic carboxylic acids is 1. The molecule has 4 rings (SSSR count). The van der Waals surface area contributed by atoms with Crippen molar-refractivity contribution < 1.29 is 27.4 Å². The third kappa shape index (κ3) is 8.87. The molecule has 0 aliphatic rings. The molecule has 0 saturated heterocycles. The molecular formula is C32H30F3NO3S2. The Hall–Kier alpha value is -3.24. The van der Waals surface area contributed by atoms with Crippen molar-refractivity contribution in [2.75, 3.05) is 5.75 Å². The molecule has 0 aromatic heterocycles. The van der Waals surface area contributed by atoms with Crippen molar-refractivity contribution in [3.05, 3.63) is 118 Å². The zero-order valence-electron chi connectivity index (χ0n) is 22.9. The van der Waals surface area contributed by atoms with Gasteiger partial charge in [-0.25, -0.2) is 4.28 Å². The largest absolute Gasteiger partial charge is 0.481 e. The molecule has 0 spiro atoms. The zero-order valence-corrected chi connectivity index (χ0v) is 24.5. The maximum atomic E-state index is 13.3. The number of carboxylic acid groups (broad SMARTS) is 1. The van der Waals surface area contributed by atoms with E-state index in [0.29, 0.717) is 12.1 Å². The molecule has 0 bridgehead atoms. The Morgan fingerprint density at radius 2 is 1.49 bits per heavy atom. The summed E-state index contributed by atoms with van der Waals surface area (Å²) < 4.78 is 46.2. The fourth-order valence-electron chi connectivity index (χ4n) is 4.46. The monoisotopic (exact) mass is 597 g/mol. The third-order valence-corrected chi connectivity index (χ3v) is 8.36. The summed E-state index contributed by atoms with van der Waals surface area (Å²) in [6.07, 6.45) is -4.42. The highest BCUT2D eigenvalue weighted by Crippen LogP contribution is 2.33. The number of nitrogens with zero attached hydrogens (tertiary/aromatic N) is 1. The second-order valence-electron chi connectivity index (χ2n) is 9.79. The minimum atomic E-state index is -4.42. The van der Waals surface area contributed by atoms with E-state index >= 15 is 0 Å². The number of hydrogen-bond donors (Lipinski definition) is 1. The fourth-order valence-corrected chi connectivity index (χ4v) is 5.80. The van der Waals surface area contributed by atoms with Crippen LogP contribution in [0.3, 0.4) is 0 Å². The van der Waals surface area contributed by atoms with Gasteiger partial charge in [-0.15, -0.1) is 11.8 Å². The molecule has 0 radical (unpaired) electrons. The van der Waals surface area contributed by atoms with Gasteiger partial charge < -0.3 is 5.11 Å². The average Bonchev–Trinajstić information content (AvgIpc) is 2.91. The lowest BCUT2D eigenvalue weighted by Crippen LogP contribution is -2.21. The molecule has 0 saturated carbocycles. The molecule has 0 amide bonds. The number of halogens is 3. The Labute approximate surface area is 246 Å². The van der Waals surface area contributed by atoms with Gasteiger partial charge in [0.2, 0.25) is 0 Å². The van der Waals surface area contributed by atoms with E-state index in [1.165, 1.54) is 29.9 Å². The number of alkyl halides is 3. The van der Waals surface area contributed by atoms with Crippen LogP contribution in [0.5, 0.6) is 0 Å². The molecular weight excluding hydrogens is 567 g/mol. The molecule has 41 heavy (non-hydrogen) atoms. The van der Waals surface area contributed by atoms with Gasteiger partial charge in [0, 0.05) is 9.79 Å². The van der Waals surface area contributed by atoms with Crippen LogP contribution < -0.4 is 0 Å². The topological polar surface area (TPSA) is 49.8 Å². The highest BCUT2D eigenvalue weighted by atomic mass is 32.2. The number of carbonyl (C=O) groups is 1. The first-order chi connectivity index (χ1) is 19.5. The number of thioether (sulfide) groups is 1. The summed E-state index contributed by atoms with van der Waals surface area (Å²) in [6, 6.07) is 25.0. The fraction of sp³-hybridized carbons (Fsp3) is 0.219. The summed E-state index contributed by atoms with van der Waals surface area (Å²) in [5.74, 6) is -0.878. The molecule has 4 aromatic carbocycles. The lowest BCUT2D eigenvalue weighted by molar-refractivity contribution is -0.138. The summed E-state index contributed by atoms with van der Waals surface area (Å²) in [6.45, 7) is 6.56. The Morgan fingerprint density at radius 1 is 0.829 bits per heavy atom. The van der Waals surface area contributed by atoms with Crippen LogP contribution in [-0.4, -0.2) is 21.9 Å². The van der Waals surface area contributed by atoms with Gasteiger partial charge in [-0.05, 0) is 72.4 Å². The van der Waals surface area contributed by atoms with Crippen LogP contribution in [0.15, 0.2) is 94.7 Å². The SMILES string of the molecule is Cc1cc(C)c(SON(Cc2ccc(-c3cccc(SCC(=O)O)c3)cc2)Cc2cccc(C(F)(F)F)c2)c(C)c1. The van der Waals surface area contributed by atoms with Crippen LogP contribution in [0.2, 0.25) is 0 Å². The molecule has 0 aliphatic carbocycles. The Balaban J connectivity index is 1.54. The summed E-state index contributed by atoms with van der Waals surface area (Å²) in [4.78, 5) is 12.8. The maximum absolute atomic E-state index is 13.3. The summed E-state index contributed by atoms with van der Waals surface area (Å²) >= 11 is 2.47. The van der Waals surface area contributed by atoms with Crippen LogP contribution in [0.4, 0.5) is 13.2 Å². The van der Waals surface area contributed by atoms with Crippen molar-refractivity contribution in [2.45, 2.75) is 49.8 Å². The summed E-state index contributed by atoms with van der Waals surface area (Å²) in [5.41, 5.74) is 5.94. The van der Waals surface area contributed by atoms with E-state index < -0.39 is 17.7 Å². The second-order valence-corrected chi connectivity index (χ2v) is 11.6. The lowest BCUT2D eigenvalue weighted by atomic mass is 10.0. The number of hydrogen-bond acceptors (Lipinski definition) is 5. The molecule has 0 unspecified atom stereocenters. The van der Waals surface area contributed by atoms with E-state index in [9.17, 15) is 18.0 Å². The highest BCUT2D eigenvalue weighted by Gasteiger charge is 2.30. The van der Waals surface area contributed by atoms with Gasteiger partial charge in [-0.1, -0.05) is 72.3 Å². The quantitative estimate of drug-likeness (QED) is 0.106. The smallest absolute Gasteiger partial charge is 0.416 e. The molecule has 4 aromatic rings. The van der Waals surface area contributed by atoms with E-state index in [-0.39, 0.29) is 12.3 Å². The first kappa shape index (κ1) is 30.7. The van der Waals surface area contributed by atoms with E-state index in [4.69, 9.17) is 9.39 Å². The number of rotatable bonds is 11. The molecule has 9 heteroatoms. The van der Waals surface area contributed by atoms with E-state index in [1.807, 2.05) is 69.3 Å². The maximum Gasteiger partial charge on any atom is 0.416 e. The Morgan fingerprint density at radius 3 is 2.15 bits per heavy atom. The molecule has 0 heterocycles.